The van der Waals surface area contributed by atoms with Gasteiger partial charge in [-0.05, 0) is 61.3 Å². The molecule has 0 aromatic heterocycles. The summed E-state index contributed by atoms with van der Waals surface area (Å²) in [6.07, 6.45) is 7.50. The molecular formula is C19H30FN. The fourth-order valence-corrected chi connectivity index (χ4v) is 4.17. The second kappa shape index (κ2) is 7.40. The molecule has 21 heavy (non-hydrogen) atoms. The van der Waals surface area contributed by atoms with Crippen LogP contribution in [0.15, 0.2) is 24.3 Å². The van der Waals surface area contributed by atoms with Gasteiger partial charge in [0.25, 0.3) is 0 Å². The van der Waals surface area contributed by atoms with Crippen molar-refractivity contribution in [3.05, 3.63) is 35.6 Å². The molecular weight excluding hydrogens is 261 g/mol. The highest BCUT2D eigenvalue weighted by atomic mass is 19.1. The first kappa shape index (κ1) is 16.5. The average molecular weight is 291 g/mol. The van der Waals surface area contributed by atoms with Crippen molar-refractivity contribution < 1.29 is 4.39 Å². The molecule has 0 radical (unpaired) electrons. The van der Waals surface area contributed by atoms with Crippen LogP contribution in [0.5, 0.6) is 0 Å². The van der Waals surface area contributed by atoms with Crippen LogP contribution in [0.4, 0.5) is 4.39 Å². The minimum Gasteiger partial charge on any atom is -0.309 e. The molecule has 1 fully saturated rings. The molecule has 1 aromatic carbocycles. The molecule has 1 unspecified atom stereocenters. The van der Waals surface area contributed by atoms with Crippen LogP contribution in [0, 0.1) is 17.2 Å². The van der Waals surface area contributed by atoms with Crippen molar-refractivity contribution in [2.24, 2.45) is 11.3 Å². The summed E-state index contributed by atoms with van der Waals surface area (Å²) in [6, 6.07) is 7.51. The van der Waals surface area contributed by atoms with E-state index in [1.807, 2.05) is 6.07 Å². The third-order valence-corrected chi connectivity index (χ3v) is 4.81. The molecule has 0 aliphatic heterocycles. The lowest BCUT2D eigenvalue weighted by molar-refractivity contribution is 0.155. The largest absolute Gasteiger partial charge is 0.309 e. The van der Waals surface area contributed by atoms with Gasteiger partial charge in [0, 0.05) is 6.04 Å². The van der Waals surface area contributed by atoms with Crippen molar-refractivity contribution >= 4 is 0 Å². The molecule has 2 heteroatoms. The maximum atomic E-state index is 13.7. The zero-order valence-electron chi connectivity index (χ0n) is 13.8. The highest BCUT2D eigenvalue weighted by molar-refractivity contribution is 5.23. The van der Waals surface area contributed by atoms with E-state index in [4.69, 9.17) is 0 Å². The summed E-state index contributed by atoms with van der Waals surface area (Å²) < 4.78 is 13.7. The third-order valence-electron chi connectivity index (χ3n) is 4.81. The lowest BCUT2D eigenvalue weighted by Gasteiger charge is -2.40. The Morgan fingerprint density at radius 1 is 1.24 bits per heavy atom. The van der Waals surface area contributed by atoms with E-state index in [1.54, 1.807) is 12.1 Å². The lowest BCUT2D eigenvalue weighted by Crippen LogP contribution is -2.38. The SMILES string of the molecule is CCCNC(c1cccc(F)c1)C1(CC(C)C)CCCC1. The molecule has 118 valence electrons. The third kappa shape index (κ3) is 4.06. The van der Waals surface area contributed by atoms with Crippen LogP contribution in [-0.4, -0.2) is 6.54 Å². The molecule has 2 rings (SSSR count). The maximum Gasteiger partial charge on any atom is 0.123 e. The zero-order chi connectivity index (χ0) is 15.3. The normalized spacial score (nSPS) is 19.1. The fourth-order valence-electron chi connectivity index (χ4n) is 4.17. The van der Waals surface area contributed by atoms with Gasteiger partial charge in [0.1, 0.15) is 5.82 Å². The minimum absolute atomic E-state index is 0.117. The number of benzene rings is 1. The first-order chi connectivity index (χ1) is 10.1. The predicted molar refractivity (Wildman–Crippen MR) is 87.8 cm³/mol. The molecule has 1 N–H and O–H groups in total. The van der Waals surface area contributed by atoms with Gasteiger partial charge in [-0.25, -0.2) is 4.39 Å². The highest BCUT2D eigenvalue weighted by Crippen LogP contribution is 2.51. The quantitative estimate of drug-likeness (QED) is 0.702. The van der Waals surface area contributed by atoms with Crippen molar-refractivity contribution in [3.63, 3.8) is 0 Å². The number of halogens is 1. The predicted octanol–water partition coefficient (Wildman–Crippen LogP) is 5.47. The van der Waals surface area contributed by atoms with Crippen LogP contribution >= 0.6 is 0 Å². The molecule has 1 saturated carbocycles. The molecule has 1 nitrogen and oxygen atoms in total. The van der Waals surface area contributed by atoms with Crippen molar-refractivity contribution in [3.8, 4) is 0 Å². The van der Waals surface area contributed by atoms with Gasteiger partial charge < -0.3 is 5.32 Å². The van der Waals surface area contributed by atoms with Crippen LogP contribution < -0.4 is 5.32 Å². The zero-order valence-corrected chi connectivity index (χ0v) is 13.8. The van der Waals surface area contributed by atoms with Crippen LogP contribution in [0.25, 0.3) is 0 Å². The second-order valence-electron chi connectivity index (χ2n) is 7.11. The van der Waals surface area contributed by atoms with Crippen LogP contribution in [0.3, 0.4) is 0 Å². The van der Waals surface area contributed by atoms with Gasteiger partial charge in [-0.15, -0.1) is 0 Å². The Morgan fingerprint density at radius 2 is 1.95 bits per heavy atom. The van der Waals surface area contributed by atoms with Gasteiger partial charge in [-0.3, -0.25) is 0 Å². The second-order valence-corrected chi connectivity index (χ2v) is 7.11. The van der Waals surface area contributed by atoms with E-state index < -0.39 is 0 Å². The summed E-state index contributed by atoms with van der Waals surface area (Å²) in [5.74, 6) is 0.566. The van der Waals surface area contributed by atoms with E-state index in [-0.39, 0.29) is 11.9 Å². The Bertz CT molecular complexity index is 435. The number of hydrogen-bond acceptors (Lipinski definition) is 1. The first-order valence-corrected chi connectivity index (χ1v) is 8.56. The van der Waals surface area contributed by atoms with Gasteiger partial charge in [-0.1, -0.05) is 45.7 Å². The smallest absolute Gasteiger partial charge is 0.123 e. The molecule has 0 spiro atoms. The van der Waals surface area contributed by atoms with Crippen molar-refractivity contribution in [2.45, 2.75) is 65.3 Å². The number of rotatable bonds is 7. The summed E-state index contributed by atoms with van der Waals surface area (Å²) in [6.45, 7) is 7.81. The number of hydrogen-bond donors (Lipinski definition) is 1. The summed E-state index contributed by atoms with van der Waals surface area (Å²) in [4.78, 5) is 0. The lowest BCUT2D eigenvalue weighted by atomic mass is 9.70. The maximum absolute atomic E-state index is 13.7. The van der Waals surface area contributed by atoms with Crippen LogP contribution in [0.1, 0.15) is 70.9 Å². The van der Waals surface area contributed by atoms with E-state index in [2.05, 4.69) is 32.2 Å². The van der Waals surface area contributed by atoms with E-state index in [0.29, 0.717) is 11.3 Å². The fraction of sp³-hybridized carbons (Fsp3) is 0.684. The van der Waals surface area contributed by atoms with Crippen molar-refractivity contribution in [1.82, 2.24) is 5.32 Å². The molecule has 1 aliphatic carbocycles. The first-order valence-electron chi connectivity index (χ1n) is 8.56. The van der Waals surface area contributed by atoms with E-state index in [9.17, 15) is 4.39 Å². The van der Waals surface area contributed by atoms with Gasteiger partial charge >= 0.3 is 0 Å². The van der Waals surface area contributed by atoms with Gasteiger partial charge in [0.2, 0.25) is 0 Å². The Labute approximate surface area is 129 Å². The Hall–Kier alpha value is -0.890. The Kier molecular flexibility index (Phi) is 5.80. The summed E-state index contributed by atoms with van der Waals surface area (Å²) in [5.41, 5.74) is 1.43. The van der Waals surface area contributed by atoms with Gasteiger partial charge in [-0.2, -0.15) is 0 Å². The molecule has 1 atom stereocenters. The average Bonchev–Trinajstić information content (AvgIpc) is 2.87. The van der Waals surface area contributed by atoms with Gasteiger partial charge in [0.15, 0.2) is 0 Å². The highest BCUT2D eigenvalue weighted by Gasteiger charge is 2.42. The van der Waals surface area contributed by atoms with Crippen molar-refractivity contribution in [2.75, 3.05) is 6.54 Å². The van der Waals surface area contributed by atoms with Crippen molar-refractivity contribution in [1.29, 1.82) is 0 Å². The molecule has 0 bridgehead atoms. The minimum atomic E-state index is -0.117. The van der Waals surface area contributed by atoms with Gasteiger partial charge in [0.05, 0.1) is 0 Å². The number of nitrogens with one attached hydrogen (secondary N) is 1. The molecule has 0 heterocycles. The Morgan fingerprint density at radius 3 is 2.52 bits per heavy atom. The van der Waals surface area contributed by atoms with E-state index in [1.165, 1.54) is 32.1 Å². The molecule has 0 amide bonds. The van der Waals surface area contributed by atoms with Crippen LogP contribution in [-0.2, 0) is 0 Å². The standard InChI is InChI=1S/C19H30FN/c1-4-12-21-18(16-8-7-9-17(20)13-16)19(14-15(2)3)10-5-6-11-19/h7-9,13,15,18,21H,4-6,10-12,14H2,1-3H3. The molecule has 1 aromatic rings. The van der Waals surface area contributed by atoms with Crippen LogP contribution in [0.2, 0.25) is 0 Å². The van der Waals surface area contributed by atoms with E-state index >= 15 is 0 Å². The molecule has 0 saturated heterocycles. The summed E-state index contributed by atoms with van der Waals surface area (Å²) >= 11 is 0. The monoisotopic (exact) mass is 291 g/mol. The topological polar surface area (TPSA) is 12.0 Å². The molecule has 1 aliphatic rings. The Balaban J connectivity index is 2.32. The van der Waals surface area contributed by atoms with E-state index in [0.717, 1.165) is 18.5 Å². The summed E-state index contributed by atoms with van der Waals surface area (Å²) in [5, 5.41) is 3.73. The summed E-state index contributed by atoms with van der Waals surface area (Å²) in [7, 11) is 0.